The molecule has 11 nitrogen and oxygen atoms in total. The third-order valence-corrected chi connectivity index (χ3v) is 3.82. The van der Waals surface area contributed by atoms with Crippen molar-refractivity contribution in [1.82, 2.24) is 16.0 Å². The van der Waals surface area contributed by atoms with Gasteiger partial charge in [-0.05, 0) is 17.7 Å². The van der Waals surface area contributed by atoms with Crippen LogP contribution >= 0.6 is 0 Å². The smallest absolute Gasteiger partial charge is 0.243 e. The highest BCUT2D eigenvalue weighted by Crippen LogP contribution is 2.11. The molecule has 0 bridgehead atoms. The molecule has 11 heteroatoms. The molecule has 0 heterocycles. The third kappa shape index (κ3) is 8.75. The summed E-state index contributed by atoms with van der Waals surface area (Å²) in [5.41, 5.74) is 17.3. The lowest BCUT2D eigenvalue weighted by atomic mass is 10.0. The number of aldehydes is 1. The molecular weight excluding hydrogens is 380 g/mol. The summed E-state index contributed by atoms with van der Waals surface area (Å²) < 4.78 is 0. The Labute approximate surface area is 167 Å². The predicted octanol–water partition coefficient (Wildman–Crippen LogP) is -2.67. The van der Waals surface area contributed by atoms with Gasteiger partial charge in [-0.25, -0.2) is 0 Å². The molecule has 0 aliphatic heterocycles. The summed E-state index contributed by atoms with van der Waals surface area (Å²) >= 11 is 0. The van der Waals surface area contributed by atoms with E-state index < -0.39 is 36.3 Å². The minimum atomic E-state index is -0.992. The molecule has 29 heavy (non-hydrogen) atoms. The van der Waals surface area contributed by atoms with E-state index in [9.17, 15) is 24.3 Å². The number of phenolic OH excluding ortho intramolecular Hbond substituents is 1. The van der Waals surface area contributed by atoms with Crippen molar-refractivity contribution in [2.45, 2.75) is 24.9 Å². The van der Waals surface area contributed by atoms with Crippen molar-refractivity contribution in [2.75, 3.05) is 13.1 Å². The summed E-state index contributed by atoms with van der Waals surface area (Å²) in [5.74, 6) is -1.74. The zero-order valence-corrected chi connectivity index (χ0v) is 15.8. The molecule has 1 aromatic rings. The first-order valence-corrected chi connectivity index (χ1v) is 8.75. The standard InChI is InChI=1S/C18H26N6O5/c19-9-12(20)8-14(21)17(28)23-10-16(27)24-15(18(29)22-5-6-25)7-11-1-3-13(26)4-2-11/h1-4,6,9,14-15,26H,5,7-8,10,19-21H2,(H,22,29)(H,23,28)(H,24,27)/b12-9-. The fraction of sp³-hybridized carbons (Fsp3) is 0.333. The summed E-state index contributed by atoms with van der Waals surface area (Å²) in [6, 6.07) is 4.11. The van der Waals surface area contributed by atoms with Crippen LogP contribution in [0, 0.1) is 0 Å². The number of amides is 3. The number of carbonyl (C=O) groups excluding carboxylic acids is 4. The Balaban J connectivity index is 2.67. The van der Waals surface area contributed by atoms with Crippen LogP contribution in [0.3, 0.4) is 0 Å². The maximum atomic E-state index is 12.2. The van der Waals surface area contributed by atoms with Gasteiger partial charge < -0.3 is 43.1 Å². The second-order valence-corrected chi connectivity index (χ2v) is 6.17. The minimum Gasteiger partial charge on any atom is -0.508 e. The maximum absolute atomic E-state index is 12.2. The quantitative estimate of drug-likeness (QED) is 0.193. The van der Waals surface area contributed by atoms with Crippen molar-refractivity contribution in [3.05, 3.63) is 41.7 Å². The SMILES string of the molecule is N/C=C(\N)CC(N)C(=O)NCC(=O)NC(Cc1ccc(O)cc1)C(=O)NCC=O. The van der Waals surface area contributed by atoms with Gasteiger partial charge >= 0.3 is 0 Å². The molecule has 0 aliphatic carbocycles. The van der Waals surface area contributed by atoms with Crippen LogP contribution in [0.4, 0.5) is 0 Å². The van der Waals surface area contributed by atoms with Gasteiger partial charge in [0.1, 0.15) is 18.1 Å². The van der Waals surface area contributed by atoms with Crippen molar-refractivity contribution in [3.8, 4) is 5.75 Å². The summed E-state index contributed by atoms with van der Waals surface area (Å²) in [5, 5.41) is 16.6. The maximum Gasteiger partial charge on any atom is 0.243 e. The molecule has 2 atom stereocenters. The molecule has 0 aromatic heterocycles. The first-order valence-electron chi connectivity index (χ1n) is 8.75. The molecule has 10 N–H and O–H groups in total. The van der Waals surface area contributed by atoms with Gasteiger partial charge in [0.2, 0.25) is 17.7 Å². The second kappa shape index (κ2) is 12.0. The lowest BCUT2D eigenvalue weighted by Crippen LogP contribution is -2.52. The van der Waals surface area contributed by atoms with Gasteiger partial charge in [-0.2, -0.15) is 0 Å². The molecule has 1 aromatic carbocycles. The minimum absolute atomic E-state index is 0.0293. The Hall–Kier alpha value is -3.60. The van der Waals surface area contributed by atoms with Crippen LogP contribution in [0.2, 0.25) is 0 Å². The van der Waals surface area contributed by atoms with E-state index in [0.717, 1.165) is 6.20 Å². The number of phenols is 1. The highest BCUT2D eigenvalue weighted by atomic mass is 16.3. The van der Waals surface area contributed by atoms with Crippen LogP contribution in [0.15, 0.2) is 36.2 Å². The number of rotatable bonds is 11. The third-order valence-electron chi connectivity index (χ3n) is 3.82. The predicted molar refractivity (Wildman–Crippen MR) is 105 cm³/mol. The van der Waals surface area contributed by atoms with Crippen LogP contribution in [0.5, 0.6) is 5.75 Å². The van der Waals surface area contributed by atoms with Gasteiger partial charge in [-0.3, -0.25) is 14.4 Å². The lowest BCUT2D eigenvalue weighted by molar-refractivity contribution is -0.130. The number of carbonyl (C=O) groups is 4. The monoisotopic (exact) mass is 406 g/mol. The summed E-state index contributed by atoms with van der Waals surface area (Å²) in [6.45, 7) is -0.617. The number of nitrogens with one attached hydrogen (secondary N) is 3. The van der Waals surface area contributed by atoms with Gasteiger partial charge in [0.25, 0.3) is 0 Å². The Kier molecular flexibility index (Phi) is 9.68. The Morgan fingerprint density at radius 2 is 1.76 bits per heavy atom. The molecule has 0 spiro atoms. The van der Waals surface area contributed by atoms with Crippen LogP contribution in [-0.2, 0) is 25.6 Å². The molecular formula is C18H26N6O5. The van der Waals surface area contributed by atoms with Crippen LogP contribution in [0.25, 0.3) is 0 Å². The Morgan fingerprint density at radius 1 is 1.10 bits per heavy atom. The number of benzene rings is 1. The summed E-state index contributed by atoms with van der Waals surface area (Å²) in [6.07, 6.45) is 1.79. The van der Waals surface area contributed by atoms with E-state index in [1.54, 1.807) is 12.1 Å². The highest BCUT2D eigenvalue weighted by molar-refractivity contribution is 5.91. The largest absolute Gasteiger partial charge is 0.508 e. The van der Waals surface area contributed by atoms with Crippen molar-refractivity contribution in [3.63, 3.8) is 0 Å². The Bertz CT molecular complexity index is 750. The van der Waals surface area contributed by atoms with E-state index in [2.05, 4.69) is 16.0 Å². The van der Waals surface area contributed by atoms with E-state index in [1.807, 2.05) is 0 Å². The van der Waals surface area contributed by atoms with E-state index in [4.69, 9.17) is 17.2 Å². The number of nitrogens with two attached hydrogens (primary N) is 3. The fourth-order valence-electron chi connectivity index (χ4n) is 2.30. The average molecular weight is 406 g/mol. The zero-order valence-electron chi connectivity index (χ0n) is 15.8. The number of hydrogen-bond acceptors (Lipinski definition) is 8. The Morgan fingerprint density at radius 3 is 2.34 bits per heavy atom. The summed E-state index contributed by atoms with van der Waals surface area (Å²) in [7, 11) is 0. The van der Waals surface area contributed by atoms with Gasteiger partial charge in [-0.1, -0.05) is 12.1 Å². The molecule has 1 rings (SSSR count). The molecule has 3 amide bonds. The molecule has 0 aliphatic rings. The molecule has 0 saturated heterocycles. The second-order valence-electron chi connectivity index (χ2n) is 6.17. The van der Waals surface area contributed by atoms with E-state index in [1.165, 1.54) is 12.1 Å². The van der Waals surface area contributed by atoms with E-state index in [0.29, 0.717) is 11.8 Å². The van der Waals surface area contributed by atoms with Gasteiger partial charge in [0.05, 0.1) is 19.1 Å². The van der Waals surface area contributed by atoms with Gasteiger partial charge in [0, 0.05) is 24.7 Å². The van der Waals surface area contributed by atoms with E-state index in [-0.39, 0.29) is 30.8 Å². The van der Waals surface area contributed by atoms with Gasteiger partial charge in [-0.15, -0.1) is 0 Å². The average Bonchev–Trinajstić information content (AvgIpc) is 2.70. The van der Waals surface area contributed by atoms with E-state index >= 15 is 0 Å². The van der Waals surface area contributed by atoms with Crippen LogP contribution in [0.1, 0.15) is 12.0 Å². The summed E-state index contributed by atoms with van der Waals surface area (Å²) in [4.78, 5) is 46.8. The van der Waals surface area contributed by atoms with Crippen molar-refractivity contribution < 1.29 is 24.3 Å². The molecule has 0 radical (unpaired) electrons. The first-order chi connectivity index (χ1) is 13.8. The number of hydrogen-bond donors (Lipinski definition) is 7. The van der Waals surface area contributed by atoms with Crippen molar-refractivity contribution >= 4 is 24.0 Å². The molecule has 158 valence electrons. The fourth-order valence-corrected chi connectivity index (χ4v) is 2.30. The van der Waals surface area contributed by atoms with Crippen LogP contribution in [-0.4, -0.2) is 54.3 Å². The van der Waals surface area contributed by atoms with Crippen molar-refractivity contribution in [1.29, 1.82) is 0 Å². The van der Waals surface area contributed by atoms with Gasteiger partial charge in [0.15, 0.2) is 0 Å². The highest BCUT2D eigenvalue weighted by Gasteiger charge is 2.22. The zero-order chi connectivity index (χ0) is 21.8. The lowest BCUT2D eigenvalue weighted by Gasteiger charge is -2.19. The number of aromatic hydroxyl groups is 1. The first kappa shape index (κ1) is 23.4. The molecule has 0 fully saturated rings. The van der Waals surface area contributed by atoms with Crippen LogP contribution < -0.4 is 33.2 Å². The normalized spacial score (nSPS) is 13.1. The topological polar surface area (TPSA) is 203 Å². The molecule has 2 unspecified atom stereocenters. The van der Waals surface area contributed by atoms with Crippen molar-refractivity contribution in [2.24, 2.45) is 17.2 Å². The molecule has 0 saturated carbocycles.